The molecule has 1 heterocycles. The fourth-order valence-corrected chi connectivity index (χ4v) is 2.01. The molecule has 1 fully saturated rings. The van der Waals surface area contributed by atoms with Crippen LogP contribution in [0.3, 0.4) is 0 Å². The van der Waals surface area contributed by atoms with E-state index in [1.165, 1.54) is 0 Å². The maximum absolute atomic E-state index is 11.7. The van der Waals surface area contributed by atoms with E-state index in [0.717, 1.165) is 17.7 Å². The van der Waals surface area contributed by atoms with Gasteiger partial charge in [-0.2, -0.15) is 0 Å². The van der Waals surface area contributed by atoms with E-state index < -0.39 is 5.41 Å². The monoisotopic (exact) mass is 241 g/mol. The molecule has 1 aliphatic rings. The summed E-state index contributed by atoms with van der Waals surface area (Å²) in [6, 6.07) is 0. The number of hydrogen-bond acceptors (Lipinski definition) is 1. The van der Waals surface area contributed by atoms with Crippen molar-refractivity contribution in [3.05, 3.63) is 23.9 Å². The summed E-state index contributed by atoms with van der Waals surface area (Å²) in [6.07, 6.45) is 2.99. The van der Waals surface area contributed by atoms with Gasteiger partial charge >= 0.3 is 0 Å². The van der Waals surface area contributed by atoms with Gasteiger partial charge in [-0.05, 0) is 38.7 Å². The summed E-state index contributed by atoms with van der Waals surface area (Å²) < 4.78 is 0. The third kappa shape index (κ3) is 2.32. The molecule has 1 aliphatic heterocycles. The number of rotatable bonds is 3. The lowest BCUT2D eigenvalue weighted by Gasteiger charge is -2.16. The SMILES string of the molecule is C=C1/C(=C\C(CC)C(C)Cl)NC(=O)C1(C)C. The molecule has 2 nitrogen and oxygen atoms in total. The Morgan fingerprint density at radius 2 is 2.12 bits per heavy atom. The van der Waals surface area contributed by atoms with Gasteiger partial charge in [0.2, 0.25) is 5.91 Å². The van der Waals surface area contributed by atoms with E-state index in [2.05, 4.69) is 18.8 Å². The van der Waals surface area contributed by atoms with Crippen molar-refractivity contribution in [2.45, 2.75) is 39.5 Å². The Labute approximate surface area is 103 Å². The highest BCUT2D eigenvalue weighted by Gasteiger charge is 2.39. The molecule has 0 saturated carbocycles. The van der Waals surface area contributed by atoms with Gasteiger partial charge in [-0.15, -0.1) is 11.6 Å². The Hall–Kier alpha value is -0.760. The summed E-state index contributed by atoms with van der Waals surface area (Å²) in [6.45, 7) is 11.8. The molecule has 0 spiro atoms. The molecule has 0 aromatic carbocycles. The van der Waals surface area contributed by atoms with Crippen LogP contribution >= 0.6 is 11.6 Å². The summed E-state index contributed by atoms with van der Waals surface area (Å²) >= 11 is 6.09. The predicted molar refractivity (Wildman–Crippen MR) is 68.2 cm³/mol. The van der Waals surface area contributed by atoms with Crippen LogP contribution in [-0.2, 0) is 4.79 Å². The second-order valence-corrected chi connectivity index (χ2v) is 5.58. The highest BCUT2D eigenvalue weighted by atomic mass is 35.5. The van der Waals surface area contributed by atoms with E-state index in [1.807, 2.05) is 26.8 Å². The Morgan fingerprint density at radius 1 is 1.56 bits per heavy atom. The maximum atomic E-state index is 11.7. The Bertz CT molecular complexity index is 342. The van der Waals surface area contributed by atoms with Crippen LogP contribution in [0, 0.1) is 11.3 Å². The number of allylic oxidation sites excluding steroid dienone is 2. The molecule has 0 bridgehead atoms. The van der Waals surface area contributed by atoms with Crippen molar-refractivity contribution in [1.82, 2.24) is 5.32 Å². The molecular weight excluding hydrogens is 222 g/mol. The number of carbonyl (C=O) groups excluding carboxylic acids is 1. The molecule has 2 atom stereocenters. The van der Waals surface area contributed by atoms with Gasteiger partial charge in [0.25, 0.3) is 0 Å². The van der Waals surface area contributed by atoms with Crippen LogP contribution < -0.4 is 5.32 Å². The van der Waals surface area contributed by atoms with Crippen LogP contribution in [0.1, 0.15) is 34.1 Å². The van der Waals surface area contributed by atoms with Crippen molar-refractivity contribution >= 4 is 17.5 Å². The van der Waals surface area contributed by atoms with Gasteiger partial charge in [-0.25, -0.2) is 0 Å². The van der Waals surface area contributed by atoms with E-state index in [-0.39, 0.29) is 17.2 Å². The standard InChI is InChI=1S/C13H20ClNO/c1-6-10(9(3)14)7-11-8(2)13(4,5)12(16)15-11/h7,9-10H,2,6H2,1,3-5H3,(H,15,16)/b11-7+. The van der Waals surface area contributed by atoms with E-state index >= 15 is 0 Å². The van der Waals surface area contributed by atoms with Crippen molar-refractivity contribution in [3.63, 3.8) is 0 Å². The van der Waals surface area contributed by atoms with Crippen molar-refractivity contribution in [3.8, 4) is 0 Å². The minimum Gasteiger partial charge on any atom is -0.325 e. The quantitative estimate of drug-likeness (QED) is 0.756. The lowest BCUT2D eigenvalue weighted by molar-refractivity contribution is -0.124. The molecular formula is C13H20ClNO. The Balaban J connectivity index is 2.96. The highest BCUT2D eigenvalue weighted by molar-refractivity contribution is 6.20. The van der Waals surface area contributed by atoms with Crippen LogP contribution in [0.25, 0.3) is 0 Å². The molecule has 1 saturated heterocycles. The molecule has 0 radical (unpaired) electrons. The van der Waals surface area contributed by atoms with Gasteiger partial charge in [-0.3, -0.25) is 4.79 Å². The topological polar surface area (TPSA) is 29.1 Å². The van der Waals surface area contributed by atoms with Gasteiger partial charge < -0.3 is 5.32 Å². The van der Waals surface area contributed by atoms with Gasteiger partial charge in [-0.1, -0.05) is 19.6 Å². The minimum atomic E-state index is -0.500. The molecule has 1 rings (SSSR count). The summed E-state index contributed by atoms with van der Waals surface area (Å²) in [7, 11) is 0. The lowest BCUT2D eigenvalue weighted by atomic mass is 9.86. The average Bonchev–Trinajstić information content (AvgIpc) is 2.38. The molecule has 0 aliphatic carbocycles. The minimum absolute atomic E-state index is 0.0147. The number of alkyl halides is 1. The van der Waals surface area contributed by atoms with Crippen LogP contribution in [0.2, 0.25) is 0 Å². The first-order valence-corrected chi connectivity index (χ1v) is 6.11. The molecule has 1 N–H and O–H groups in total. The first kappa shape index (κ1) is 13.3. The van der Waals surface area contributed by atoms with E-state index in [9.17, 15) is 4.79 Å². The Morgan fingerprint density at radius 3 is 2.44 bits per heavy atom. The van der Waals surface area contributed by atoms with Gasteiger partial charge in [0.15, 0.2) is 0 Å². The first-order valence-electron chi connectivity index (χ1n) is 5.67. The molecule has 16 heavy (non-hydrogen) atoms. The normalized spacial score (nSPS) is 25.7. The zero-order chi connectivity index (χ0) is 12.5. The largest absolute Gasteiger partial charge is 0.325 e. The first-order chi connectivity index (χ1) is 7.30. The van der Waals surface area contributed by atoms with E-state index in [1.54, 1.807) is 0 Å². The van der Waals surface area contributed by atoms with Gasteiger partial charge in [0.1, 0.15) is 0 Å². The molecule has 2 unspecified atom stereocenters. The number of amides is 1. The van der Waals surface area contributed by atoms with Crippen LogP contribution in [0.5, 0.6) is 0 Å². The van der Waals surface area contributed by atoms with Gasteiger partial charge in [0.05, 0.1) is 5.41 Å². The zero-order valence-electron chi connectivity index (χ0n) is 10.4. The number of halogens is 1. The molecule has 0 aromatic rings. The van der Waals surface area contributed by atoms with Crippen LogP contribution in [0.15, 0.2) is 23.9 Å². The van der Waals surface area contributed by atoms with Crippen LogP contribution in [-0.4, -0.2) is 11.3 Å². The maximum Gasteiger partial charge on any atom is 0.234 e. The smallest absolute Gasteiger partial charge is 0.234 e. The number of hydrogen-bond donors (Lipinski definition) is 1. The van der Waals surface area contributed by atoms with Crippen molar-refractivity contribution in [2.75, 3.05) is 0 Å². The van der Waals surface area contributed by atoms with E-state index in [0.29, 0.717) is 0 Å². The fraction of sp³-hybridized carbons (Fsp3) is 0.615. The number of carbonyl (C=O) groups is 1. The van der Waals surface area contributed by atoms with E-state index in [4.69, 9.17) is 11.6 Å². The van der Waals surface area contributed by atoms with Crippen molar-refractivity contribution < 1.29 is 4.79 Å². The zero-order valence-corrected chi connectivity index (χ0v) is 11.2. The average molecular weight is 242 g/mol. The second-order valence-electron chi connectivity index (χ2n) is 4.89. The summed E-state index contributed by atoms with van der Waals surface area (Å²) in [5, 5.41) is 2.94. The van der Waals surface area contributed by atoms with Crippen LogP contribution in [0.4, 0.5) is 0 Å². The predicted octanol–water partition coefficient (Wildman–Crippen LogP) is 3.24. The Kier molecular flexibility index (Phi) is 3.84. The summed E-state index contributed by atoms with van der Waals surface area (Å²) in [4.78, 5) is 11.7. The third-order valence-electron chi connectivity index (χ3n) is 3.34. The molecule has 3 heteroatoms. The molecule has 0 aromatic heterocycles. The molecule has 1 amide bonds. The van der Waals surface area contributed by atoms with Crippen molar-refractivity contribution in [1.29, 1.82) is 0 Å². The van der Waals surface area contributed by atoms with Gasteiger partial charge in [0, 0.05) is 11.1 Å². The van der Waals surface area contributed by atoms with Crippen molar-refractivity contribution in [2.24, 2.45) is 11.3 Å². The lowest BCUT2D eigenvalue weighted by Crippen LogP contribution is -2.25. The third-order valence-corrected chi connectivity index (χ3v) is 3.66. The fourth-order valence-electron chi connectivity index (χ4n) is 1.76. The second kappa shape index (κ2) is 4.62. The summed E-state index contributed by atoms with van der Waals surface area (Å²) in [5.74, 6) is 0.281. The highest BCUT2D eigenvalue weighted by Crippen LogP contribution is 2.36. The number of nitrogens with one attached hydrogen (secondary N) is 1. The molecule has 90 valence electrons. The summed E-state index contributed by atoms with van der Waals surface area (Å²) in [5.41, 5.74) is 1.20.